The monoisotopic (exact) mass is 550 g/mol. The molecule has 1 unspecified atom stereocenters. The molecule has 0 aliphatic rings. The molecule has 0 bridgehead atoms. The lowest BCUT2D eigenvalue weighted by Crippen LogP contribution is -2.35. The molecule has 220 valence electrons. The van der Waals surface area contributed by atoms with Crippen LogP contribution in [0.2, 0.25) is 0 Å². The first-order chi connectivity index (χ1) is 19.0. The van der Waals surface area contributed by atoms with Gasteiger partial charge in [-0.25, -0.2) is 0 Å². The van der Waals surface area contributed by atoms with E-state index in [1.807, 2.05) is 55.1 Å². The Morgan fingerprint density at radius 1 is 1.00 bits per heavy atom. The predicted octanol–water partition coefficient (Wildman–Crippen LogP) is 7.24. The average molecular weight is 551 g/mol. The number of nitrogens with zero attached hydrogens (tertiary/aromatic N) is 1. The molecule has 2 amide bonds. The Hall–Kier alpha value is -2.96. The van der Waals surface area contributed by atoms with Crippen LogP contribution in [0.5, 0.6) is 0 Å². The molecule has 0 aliphatic heterocycles. The van der Waals surface area contributed by atoms with E-state index < -0.39 is 0 Å². The Kier molecular flexibility index (Phi) is 13.6. The number of para-hydroxylation sites is 1. The van der Waals surface area contributed by atoms with Gasteiger partial charge in [-0.2, -0.15) is 0 Å². The zero-order valence-electron chi connectivity index (χ0n) is 25.6. The normalized spacial score (nSPS) is 12.9. The molecule has 0 aromatic heterocycles. The summed E-state index contributed by atoms with van der Waals surface area (Å²) in [6.45, 7) is 16.0. The zero-order chi connectivity index (χ0) is 29.6. The Labute approximate surface area is 242 Å². The van der Waals surface area contributed by atoms with Crippen LogP contribution in [0, 0.1) is 6.92 Å². The molecule has 2 rings (SSSR count). The van der Waals surface area contributed by atoms with Gasteiger partial charge in [0.2, 0.25) is 11.8 Å². The zero-order valence-corrected chi connectivity index (χ0v) is 25.6. The topological polar surface area (TPSA) is 67.9 Å². The standard InChI is InChI=1S/C34H50N2O4/c1-8-28-17-12-13-19-30(28)36(26-29-18-11-10-16-27(29)3)32(38)21-15-14-20-31(37)35-24-22-33(4,5)40-25-23-34(6,9-2)39-7/h8,10-13,16-19H,1,9,14-15,20-26H2,2-7H3,(H,35,37). The van der Waals surface area contributed by atoms with Crippen molar-refractivity contribution < 1.29 is 19.1 Å². The molecular formula is C34H50N2O4. The van der Waals surface area contributed by atoms with E-state index >= 15 is 0 Å². The molecule has 0 aliphatic carbocycles. The van der Waals surface area contributed by atoms with Crippen molar-refractivity contribution in [1.29, 1.82) is 0 Å². The number of rotatable bonds is 18. The van der Waals surface area contributed by atoms with Crippen molar-refractivity contribution in [1.82, 2.24) is 5.32 Å². The first kappa shape index (κ1) is 33.2. The highest BCUT2D eigenvalue weighted by atomic mass is 16.5. The minimum atomic E-state index is -0.329. The van der Waals surface area contributed by atoms with Crippen molar-refractivity contribution in [3.05, 3.63) is 71.8 Å². The quantitative estimate of drug-likeness (QED) is 0.199. The summed E-state index contributed by atoms with van der Waals surface area (Å²) >= 11 is 0. The van der Waals surface area contributed by atoms with Gasteiger partial charge in [0.05, 0.1) is 30.0 Å². The van der Waals surface area contributed by atoms with Crippen LogP contribution in [-0.4, -0.2) is 43.3 Å². The molecule has 1 N–H and O–H groups in total. The van der Waals surface area contributed by atoms with E-state index in [2.05, 4.69) is 44.8 Å². The third-order valence-corrected chi connectivity index (χ3v) is 7.80. The van der Waals surface area contributed by atoms with Gasteiger partial charge in [-0.05, 0) is 82.6 Å². The molecular weight excluding hydrogens is 500 g/mol. The molecule has 40 heavy (non-hydrogen) atoms. The number of hydrogen-bond donors (Lipinski definition) is 1. The molecule has 0 fully saturated rings. The van der Waals surface area contributed by atoms with Crippen LogP contribution in [0.25, 0.3) is 6.08 Å². The summed E-state index contributed by atoms with van der Waals surface area (Å²) in [4.78, 5) is 27.7. The highest BCUT2D eigenvalue weighted by Gasteiger charge is 2.24. The van der Waals surface area contributed by atoms with E-state index in [0.29, 0.717) is 45.4 Å². The average Bonchev–Trinajstić information content (AvgIpc) is 2.94. The molecule has 2 aromatic rings. The number of benzene rings is 2. The molecule has 0 heterocycles. The number of carbonyl (C=O) groups is 2. The van der Waals surface area contributed by atoms with E-state index in [1.165, 1.54) is 0 Å². The highest BCUT2D eigenvalue weighted by molar-refractivity contribution is 5.95. The van der Waals surface area contributed by atoms with E-state index in [4.69, 9.17) is 9.47 Å². The second-order valence-corrected chi connectivity index (χ2v) is 11.3. The van der Waals surface area contributed by atoms with Crippen molar-refractivity contribution in [2.75, 3.05) is 25.2 Å². The van der Waals surface area contributed by atoms with Gasteiger partial charge in [-0.1, -0.05) is 62.0 Å². The van der Waals surface area contributed by atoms with Gasteiger partial charge in [-0.3, -0.25) is 9.59 Å². The fraction of sp³-hybridized carbons (Fsp3) is 0.529. The maximum absolute atomic E-state index is 13.4. The summed E-state index contributed by atoms with van der Waals surface area (Å²) in [7, 11) is 1.74. The number of unbranched alkanes of at least 4 members (excludes halogenated alkanes) is 1. The fourth-order valence-electron chi connectivity index (χ4n) is 4.50. The molecule has 0 radical (unpaired) electrons. The van der Waals surface area contributed by atoms with Crippen molar-refractivity contribution in [2.45, 2.75) is 97.3 Å². The third kappa shape index (κ3) is 10.9. The maximum atomic E-state index is 13.4. The van der Waals surface area contributed by atoms with Crippen molar-refractivity contribution in [3.63, 3.8) is 0 Å². The van der Waals surface area contributed by atoms with Crippen LogP contribution in [-0.2, 0) is 25.6 Å². The molecule has 0 saturated carbocycles. The lowest BCUT2D eigenvalue weighted by molar-refractivity contribution is -0.122. The van der Waals surface area contributed by atoms with Crippen LogP contribution in [0.15, 0.2) is 55.1 Å². The summed E-state index contributed by atoms with van der Waals surface area (Å²) < 4.78 is 11.7. The van der Waals surface area contributed by atoms with Crippen LogP contribution in [0.4, 0.5) is 5.69 Å². The van der Waals surface area contributed by atoms with Crippen LogP contribution < -0.4 is 10.2 Å². The van der Waals surface area contributed by atoms with Crippen molar-refractivity contribution in [2.24, 2.45) is 0 Å². The number of ether oxygens (including phenoxy) is 2. The van der Waals surface area contributed by atoms with Gasteiger partial charge < -0.3 is 19.7 Å². The Morgan fingerprint density at radius 2 is 1.68 bits per heavy atom. The minimum Gasteiger partial charge on any atom is -0.378 e. The number of amides is 2. The first-order valence-electron chi connectivity index (χ1n) is 14.6. The number of nitrogens with one attached hydrogen (secondary N) is 1. The highest BCUT2D eigenvalue weighted by Crippen LogP contribution is 2.26. The summed E-state index contributed by atoms with van der Waals surface area (Å²) in [5, 5.41) is 3.01. The lowest BCUT2D eigenvalue weighted by Gasteiger charge is -2.30. The second-order valence-electron chi connectivity index (χ2n) is 11.3. The predicted molar refractivity (Wildman–Crippen MR) is 165 cm³/mol. The number of anilines is 1. The van der Waals surface area contributed by atoms with Crippen molar-refractivity contribution in [3.8, 4) is 0 Å². The Balaban J connectivity index is 1.81. The maximum Gasteiger partial charge on any atom is 0.227 e. The SMILES string of the molecule is C=Cc1ccccc1N(Cc1ccccc1C)C(=O)CCCCC(=O)NCCC(C)(C)OCCC(C)(CC)OC. The van der Waals surface area contributed by atoms with E-state index in [1.54, 1.807) is 13.2 Å². The Morgan fingerprint density at radius 3 is 2.35 bits per heavy atom. The first-order valence-corrected chi connectivity index (χ1v) is 14.6. The Bertz CT molecular complexity index is 1090. The van der Waals surface area contributed by atoms with Gasteiger partial charge in [0.25, 0.3) is 0 Å². The summed E-state index contributed by atoms with van der Waals surface area (Å²) in [5.74, 6) is 0.0551. The van der Waals surface area contributed by atoms with Crippen LogP contribution in [0.1, 0.15) is 89.3 Å². The second kappa shape index (κ2) is 16.3. The summed E-state index contributed by atoms with van der Waals surface area (Å²) in [5.41, 5.74) is 3.54. The van der Waals surface area contributed by atoms with Crippen LogP contribution in [0.3, 0.4) is 0 Å². The molecule has 6 nitrogen and oxygen atoms in total. The van der Waals surface area contributed by atoms with E-state index in [9.17, 15) is 9.59 Å². The van der Waals surface area contributed by atoms with E-state index in [0.717, 1.165) is 41.6 Å². The molecule has 0 saturated heterocycles. The van der Waals surface area contributed by atoms with Crippen molar-refractivity contribution >= 4 is 23.6 Å². The van der Waals surface area contributed by atoms with E-state index in [-0.39, 0.29) is 23.0 Å². The molecule has 6 heteroatoms. The molecule has 0 spiro atoms. The number of carbonyl (C=O) groups excluding carboxylic acids is 2. The molecule has 1 atom stereocenters. The van der Waals surface area contributed by atoms with Gasteiger partial charge in [0.1, 0.15) is 0 Å². The number of methoxy groups -OCH3 is 1. The van der Waals surface area contributed by atoms with Gasteiger partial charge in [-0.15, -0.1) is 0 Å². The number of aryl methyl sites for hydroxylation is 1. The van der Waals surface area contributed by atoms with Gasteiger partial charge in [0, 0.05) is 26.5 Å². The largest absolute Gasteiger partial charge is 0.378 e. The lowest BCUT2D eigenvalue weighted by atomic mass is 9.99. The summed E-state index contributed by atoms with van der Waals surface area (Å²) in [6.07, 6.45) is 6.36. The summed E-state index contributed by atoms with van der Waals surface area (Å²) in [6, 6.07) is 16.0. The van der Waals surface area contributed by atoms with Crippen LogP contribution >= 0.6 is 0 Å². The minimum absolute atomic E-state index is 0.00922. The third-order valence-electron chi connectivity index (χ3n) is 7.80. The fourth-order valence-corrected chi connectivity index (χ4v) is 4.50. The van der Waals surface area contributed by atoms with Gasteiger partial charge >= 0.3 is 0 Å². The smallest absolute Gasteiger partial charge is 0.227 e. The number of hydrogen-bond acceptors (Lipinski definition) is 4. The molecule has 2 aromatic carbocycles. The van der Waals surface area contributed by atoms with Gasteiger partial charge in [0.15, 0.2) is 0 Å².